The Morgan fingerprint density at radius 1 is 1.30 bits per heavy atom. The van der Waals surface area contributed by atoms with Crippen molar-refractivity contribution in [1.82, 2.24) is 29.6 Å². The summed E-state index contributed by atoms with van der Waals surface area (Å²) in [6.45, 7) is 6.61. The van der Waals surface area contributed by atoms with E-state index in [0.29, 0.717) is 18.6 Å². The molecule has 0 aromatic carbocycles. The van der Waals surface area contributed by atoms with E-state index in [9.17, 15) is 4.79 Å². The molecule has 0 spiro atoms. The highest BCUT2D eigenvalue weighted by Crippen LogP contribution is 2.31. The first-order valence-electron chi connectivity index (χ1n) is 9.43. The maximum Gasteiger partial charge on any atom is 0.252 e. The van der Waals surface area contributed by atoms with Crippen molar-refractivity contribution in [3.05, 3.63) is 40.8 Å². The minimum Gasteiger partial charge on any atom is -0.361 e. The lowest BCUT2D eigenvalue weighted by Crippen LogP contribution is -2.38. The van der Waals surface area contributed by atoms with Gasteiger partial charge in [0.15, 0.2) is 0 Å². The number of hydrogen-bond acceptors (Lipinski definition) is 6. The van der Waals surface area contributed by atoms with Crippen molar-refractivity contribution < 1.29 is 9.32 Å². The van der Waals surface area contributed by atoms with Crippen molar-refractivity contribution in [3.63, 3.8) is 0 Å². The van der Waals surface area contributed by atoms with Gasteiger partial charge < -0.3 is 9.42 Å². The lowest BCUT2D eigenvalue weighted by molar-refractivity contribution is -0.135. The van der Waals surface area contributed by atoms with Crippen molar-refractivity contribution in [2.45, 2.75) is 58.9 Å². The smallest absolute Gasteiger partial charge is 0.252 e. The molecule has 0 N–H and O–H groups in total. The van der Waals surface area contributed by atoms with Crippen molar-refractivity contribution in [3.8, 4) is 0 Å². The van der Waals surface area contributed by atoms with Gasteiger partial charge in [0.25, 0.3) is 5.78 Å². The number of carbonyl (C=O) groups excluding carboxylic acids is 1. The molecule has 0 aliphatic carbocycles. The van der Waals surface area contributed by atoms with E-state index in [1.807, 2.05) is 31.7 Å². The van der Waals surface area contributed by atoms with Crippen LogP contribution in [0.5, 0.6) is 0 Å². The van der Waals surface area contributed by atoms with Crippen LogP contribution in [0.15, 0.2) is 16.9 Å². The molecule has 27 heavy (non-hydrogen) atoms. The van der Waals surface area contributed by atoms with Crippen LogP contribution in [0.25, 0.3) is 5.78 Å². The van der Waals surface area contributed by atoms with E-state index < -0.39 is 0 Å². The maximum absolute atomic E-state index is 13.0. The van der Waals surface area contributed by atoms with Gasteiger partial charge in [-0.2, -0.15) is 10.1 Å². The summed E-state index contributed by atoms with van der Waals surface area (Å²) in [5.74, 6) is 1.52. The van der Waals surface area contributed by atoms with E-state index in [1.54, 1.807) is 4.52 Å². The van der Waals surface area contributed by atoms with Gasteiger partial charge in [0.2, 0.25) is 5.91 Å². The molecule has 1 atom stereocenters. The number of aromatic nitrogens is 5. The van der Waals surface area contributed by atoms with E-state index in [2.05, 4.69) is 20.2 Å². The first kappa shape index (κ1) is 17.6. The van der Waals surface area contributed by atoms with Crippen LogP contribution < -0.4 is 0 Å². The van der Waals surface area contributed by atoms with Gasteiger partial charge in [0, 0.05) is 30.4 Å². The molecule has 1 saturated heterocycles. The second-order valence-electron chi connectivity index (χ2n) is 7.19. The summed E-state index contributed by atoms with van der Waals surface area (Å²) in [5, 5.41) is 8.37. The van der Waals surface area contributed by atoms with E-state index in [4.69, 9.17) is 4.52 Å². The predicted octanol–water partition coefficient (Wildman–Crippen LogP) is 2.72. The lowest BCUT2D eigenvalue weighted by atomic mass is 9.97. The van der Waals surface area contributed by atoms with Crippen LogP contribution in [-0.4, -0.2) is 42.1 Å². The van der Waals surface area contributed by atoms with Crippen LogP contribution in [-0.2, 0) is 11.2 Å². The number of fused-ring (bicyclic) bond motifs is 1. The molecule has 1 aliphatic rings. The standard InChI is InChI=1S/C19H24N6O2/c1-12-10-16(23-27-12)17-6-4-5-9-24(17)18(26)8-7-15-13(2)22-19-20-11-21-25(19)14(15)3/h10-11,17H,4-9H2,1-3H3/t17-/m0/s1. The fourth-order valence-electron chi connectivity index (χ4n) is 3.97. The Labute approximate surface area is 157 Å². The van der Waals surface area contributed by atoms with Crippen molar-refractivity contribution in [2.24, 2.45) is 0 Å². The Morgan fingerprint density at radius 2 is 2.15 bits per heavy atom. The third kappa shape index (κ3) is 3.31. The average Bonchev–Trinajstić information content (AvgIpc) is 3.30. The number of aryl methyl sites for hydroxylation is 3. The summed E-state index contributed by atoms with van der Waals surface area (Å²) >= 11 is 0. The number of hydrogen-bond donors (Lipinski definition) is 0. The fourth-order valence-corrected chi connectivity index (χ4v) is 3.97. The second kappa shape index (κ2) is 7.09. The molecule has 4 heterocycles. The largest absolute Gasteiger partial charge is 0.361 e. The zero-order valence-electron chi connectivity index (χ0n) is 16.0. The lowest BCUT2D eigenvalue weighted by Gasteiger charge is -2.34. The highest BCUT2D eigenvalue weighted by atomic mass is 16.5. The van der Waals surface area contributed by atoms with Crippen LogP contribution in [0, 0.1) is 20.8 Å². The third-order valence-corrected chi connectivity index (χ3v) is 5.39. The van der Waals surface area contributed by atoms with Gasteiger partial charge in [0.05, 0.1) is 6.04 Å². The topological polar surface area (TPSA) is 89.4 Å². The molecule has 8 nitrogen and oxygen atoms in total. The fraction of sp³-hybridized carbons (Fsp3) is 0.526. The minimum absolute atomic E-state index is 0.0156. The Hall–Kier alpha value is -2.77. The quantitative estimate of drug-likeness (QED) is 0.703. The first-order valence-corrected chi connectivity index (χ1v) is 9.43. The predicted molar refractivity (Wildman–Crippen MR) is 98.1 cm³/mol. The number of amides is 1. The number of nitrogens with zero attached hydrogens (tertiary/aromatic N) is 6. The molecule has 0 radical (unpaired) electrons. The van der Waals surface area contributed by atoms with Gasteiger partial charge in [-0.1, -0.05) is 5.16 Å². The molecule has 0 unspecified atom stereocenters. The van der Waals surface area contributed by atoms with Gasteiger partial charge in [-0.3, -0.25) is 4.79 Å². The molecule has 3 aromatic heterocycles. The van der Waals surface area contributed by atoms with E-state index in [0.717, 1.165) is 54.2 Å². The Morgan fingerprint density at radius 3 is 2.93 bits per heavy atom. The summed E-state index contributed by atoms with van der Waals surface area (Å²) in [5.41, 5.74) is 3.82. The van der Waals surface area contributed by atoms with Crippen LogP contribution in [0.4, 0.5) is 0 Å². The van der Waals surface area contributed by atoms with Crippen LogP contribution in [0.3, 0.4) is 0 Å². The van der Waals surface area contributed by atoms with E-state index in [-0.39, 0.29) is 11.9 Å². The monoisotopic (exact) mass is 368 g/mol. The first-order chi connectivity index (χ1) is 13.0. The number of carbonyl (C=O) groups is 1. The number of likely N-dealkylation sites (tertiary alicyclic amines) is 1. The Kier molecular flexibility index (Phi) is 4.63. The molecular formula is C19H24N6O2. The van der Waals surface area contributed by atoms with Crippen molar-refractivity contribution >= 4 is 11.7 Å². The zero-order chi connectivity index (χ0) is 19.0. The van der Waals surface area contributed by atoms with Gasteiger partial charge in [-0.15, -0.1) is 0 Å². The molecule has 1 fully saturated rings. The SMILES string of the molecule is Cc1cc([C@@H]2CCCCN2C(=O)CCc2c(C)nc3ncnn3c2C)no1. The zero-order valence-corrected chi connectivity index (χ0v) is 16.0. The highest BCUT2D eigenvalue weighted by Gasteiger charge is 2.30. The summed E-state index contributed by atoms with van der Waals surface area (Å²) < 4.78 is 6.96. The number of piperidine rings is 1. The maximum atomic E-state index is 13.0. The second-order valence-corrected chi connectivity index (χ2v) is 7.19. The molecule has 8 heteroatoms. The summed E-state index contributed by atoms with van der Waals surface area (Å²) in [6.07, 6.45) is 5.65. The Balaban J connectivity index is 1.51. The van der Waals surface area contributed by atoms with Crippen LogP contribution >= 0.6 is 0 Å². The molecule has 4 rings (SSSR count). The highest BCUT2D eigenvalue weighted by molar-refractivity contribution is 5.77. The summed E-state index contributed by atoms with van der Waals surface area (Å²) in [6, 6.07) is 1.95. The Bertz CT molecular complexity index is 976. The molecule has 1 amide bonds. The van der Waals surface area contributed by atoms with Gasteiger partial charge in [0.1, 0.15) is 17.8 Å². The molecule has 142 valence electrons. The molecular weight excluding hydrogens is 344 g/mol. The van der Waals surface area contributed by atoms with Crippen LogP contribution in [0.1, 0.15) is 60.1 Å². The summed E-state index contributed by atoms with van der Waals surface area (Å²) in [4.78, 5) is 23.6. The van der Waals surface area contributed by atoms with Gasteiger partial charge >= 0.3 is 0 Å². The van der Waals surface area contributed by atoms with Crippen molar-refractivity contribution in [1.29, 1.82) is 0 Å². The van der Waals surface area contributed by atoms with Gasteiger partial charge in [-0.05, 0) is 52.0 Å². The molecule has 3 aromatic rings. The average molecular weight is 368 g/mol. The normalized spacial score (nSPS) is 17.6. The third-order valence-electron chi connectivity index (χ3n) is 5.39. The van der Waals surface area contributed by atoms with Gasteiger partial charge in [-0.25, -0.2) is 9.50 Å². The van der Waals surface area contributed by atoms with Crippen molar-refractivity contribution in [2.75, 3.05) is 6.54 Å². The molecule has 1 aliphatic heterocycles. The summed E-state index contributed by atoms with van der Waals surface area (Å²) in [7, 11) is 0. The van der Waals surface area contributed by atoms with Crippen LogP contribution in [0.2, 0.25) is 0 Å². The molecule has 0 saturated carbocycles. The number of rotatable bonds is 4. The van der Waals surface area contributed by atoms with E-state index in [1.165, 1.54) is 6.33 Å². The molecule has 0 bridgehead atoms. The van der Waals surface area contributed by atoms with E-state index >= 15 is 0 Å². The minimum atomic E-state index is 0.0156.